The van der Waals surface area contributed by atoms with Gasteiger partial charge in [0.15, 0.2) is 0 Å². The summed E-state index contributed by atoms with van der Waals surface area (Å²) in [6.07, 6.45) is 3.03. The van der Waals surface area contributed by atoms with Crippen molar-refractivity contribution in [2.45, 2.75) is 0 Å². The molecule has 0 aliphatic carbocycles. The maximum atomic E-state index is 12.3. The van der Waals surface area contributed by atoms with Crippen LogP contribution in [0.15, 0.2) is 57.8 Å². The molecule has 1 saturated heterocycles. The van der Waals surface area contributed by atoms with E-state index in [4.69, 9.17) is 9.40 Å². The van der Waals surface area contributed by atoms with Crippen LogP contribution in [0.2, 0.25) is 0 Å². The SMILES string of the molecule is O=C(c1ccoc1)N1CCN(c2ccc3cccc(Br)c3n2)CC1. The monoisotopic (exact) mass is 385 g/mol. The van der Waals surface area contributed by atoms with E-state index in [-0.39, 0.29) is 5.91 Å². The smallest absolute Gasteiger partial charge is 0.257 e. The Morgan fingerprint density at radius 1 is 1.08 bits per heavy atom. The molecular formula is C18H16BrN3O2. The third kappa shape index (κ3) is 2.78. The van der Waals surface area contributed by atoms with Crippen molar-refractivity contribution in [3.8, 4) is 0 Å². The summed E-state index contributed by atoms with van der Waals surface area (Å²) < 4.78 is 5.99. The second kappa shape index (κ2) is 6.28. The Labute approximate surface area is 148 Å². The second-order valence-corrected chi connectivity index (χ2v) is 6.63. The average molecular weight is 386 g/mol. The summed E-state index contributed by atoms with van der Waals surface area (Å²) >= 11 is 3.56. The van der Waals surface area contributed by atoms with Crippen molar-refractivity contribution in [2.75, 3.05) is 31.1 Å². The van der Waals surface area contributed by atoms with E-state index in [0.29, 0.717) is 18.7 Å². The number of para-hydroxylation sites is 1. The molecule has 24 heavy (non-hydrogen) atoms. The maximum Gasteiger partial charge on any atom is 0.257 e. The summed E-state index contributed by atoms with van der Waals surface area (Å²) in [7, 11) is 0. The number of hydrogen-bond donors (Lipinski definition) is 0. The average Bonchev–Trinajstić information content (AvgIpc) is 3.16. The van der Waals surface area contributed by atoms with Gasteiger partial charge in [-0.2, -0.15) is 0 Å². The number of furan rings is 1. The lowest BCUT2D eigenvalue weighted by Gasteiger charge is -2.35. The van der Waals surface area contributed by atoms with Crippen LogP contribution in [0.3, 0.4) is 0 Å². The van der Waals surface area contributed by atoms with Gasteiger partial charge in [0.25, 0.3) is 5.91 Å². The fourth-order valence-corrected chi connectivity index (χ4v) is 3.45. The molecule has 0 N–H and O–H groups in total. The number of anilines is 1. The molecule has 0 saturated carbocycles. The van der Waals surface area contributed by atoms with Crippen molar-refractivity contribution in [3.63, 3.8) is 0 Å². The standard InChI is InChI=1S/C18H16BrN3O2/c19-15-3-1-2-13-4-5-16(20-17(13)15)21-7-9-22(10-8-21)18(23)14-6-11-24-12-14/h1-6,11-12H,7-10H2. The van der Waals surface area contributed by atoms with Crippen molar-refractivity contribution >= 4 is 38.6 Å². The molecule has 1 amide bonds. The first-order valence-electron chi connectivity index (χ1n) is 7.84. The van der Waals surface area contributed by atoms with E-state index in [1.807, 2.05) is 23.1 Å². The minimum Gasteiger partial charge on any atom is -0.472 e. The number of fused-ring (bicyclic) bond motifs is 1. The number of rotatable bonds is 2. The lowest BCUT2D eigenvalue weighted by molar-refractivity contribution is 0.0746. The molecule has 5 nitrogen and oxygen atoms in total. The largest absolute Gasteiger partial charge is 0.472 e. The van der Waals surface area contributed by atoms with E-state index < -0.39 is 0 Å². The van der Waals surface area contributed by atoms with Crippen molar-refractivity contribution in [3.05, 3.63) is 59.0 Å². The quantitative estimate of drug-likeness (QED) is 0.676. The van der Waals surface area contributed by atoms with Crippen molar-refractivity contribution in [1.82, 2.24) is 9.88 Å². The third-order valence-electron chi connectivity index (χ3n) is 4.32. The zero-order valence-corrected chi connectivity index (χ0v) is 14.6. The van der Waals surface area contributed by atoms with Gasteiger partial charge in [-0.15, -0.1) is 0 Å². The van der Waals surface area contributed by atoms with Crippen molar-refractivity contribution < 1.29 is 9.21 Å². The van der Waals surface area contributed by atoms with Crippen LogP contribution in [0.5, 0.6) is 0 Å². The van der Waals surface area contributed by atoms with Gasteiger partial charge in [-0.3, -0.25) is 4.79 Å². The molecule has 4 rings (SSSR count). The van der Waals surface area contributed by atoms with E-state index in [9.17, 15) is 4.79 Å². The zero-order valence-electron chi connectivity index (χ0n) is 13.0. The fourth-order valence-electron chi connectivity index (χ4n) is 2.98. The number of nitrogens with zero attached hydrogens (tertiary/aromatic N) is 3. The second-order valence-electron chi connectivity index (χ2n) is 5.77. The number of hydrogen-bond acceptors (Lipinski definition) is 4. The first-order valence-corrected chi connectivity index (χ1v) is 8.63. The van der Waals surface area contributed by atoms with Crippen LogP contribution >= 0.6 is 15.9 Å². The van der Waals surface area contributed by atoms with E-state index in [1.54, 1.807) is 6.07 Å². The Hall–Kier alpha value is -2.34. The molecule has 0 atom stereocenters. The molecule has 0 bridgehead atoms. The number of benzene rings is 1. The number of pyridine rings is 1. The third-order valence-corrected chi connectivity index (χ3v) is 4.96. The van der Waals surface area contributed by atoms with Gasteiger partial charge in [0.05, 0.1) is 17.3 Å². The molecular weight excluding hydrogens is 370 g/mol. The van der Waals surface area contributed by atoms with Crippen LogP contribution in [0.1, 0.15) is 10.4 Å². The van der Waals surface area contributed by atoms with Gasteiger partial charge in [-0.25, -0.2) is 4.98 Å². The molecule has 3 aromatic rings. The minimum absolute atomic E-state index is 0.0256. The van der Waals surface area contributed by atoms with Crippen LogP contribution in [0, 0.1) is 0 Å². The predicted octanol–water partition coefficient (Wildman–Crippen LogP) is 3.55. The molecule has 0 spiro atoms. The van der Waals surface area contributed by atoms with E-state index in [0.717, 1.165) is 34.3 Å². The molecule has 1 aromatic carbocycles. The Balaban J connectivity index is 1.50. The number of halogens is 1. The van der Waals surface area contributed by atoms with Gasteiger partial charge < -0.3 is 14.2 Å². The zero-order chi connectivity index (χ0) is 16.5. The molecule has 2 aromatic heterocycles. The molecule has 1 fully saturated rings. The lowest BCUT2D eigenvalue weighted by Crippen LogP contribution is -2.49. The number of amides is 1. The van der Waals surface area contributed by atoms with Crippen molar-refractivity contribution in [1.29, 1.82) is 0 Å². The van der Waals surface area contributed by atoms with E-state index >= 15 is 0 Å². The highest BCUT2D eigenvalue weighted by Gasteiger charge is 2.23. The van der Waals surface area contributed by atoms with Crippen LogP contribution in [-0.4, -0.2) is 42.0 Å². The lowest BCUT2D eigenvalue weighted by atomic mass is 10.2. The molecule has 122 valence electrons. The maximum absolute atomic E-state index is 12.3. The summed E-state index contributed by atoms with van der Waals surface area (Å²) in [5.74, 6) is 0.974. The summed E-state index contributed by atoms with van der Waals surface area (Å²) in [6.45, 7) is 2.90. The molecule has 1 aliphatic heterocycles. The topological polar surface area (TPSA) is 49.6 Å². The molecule has 0 unspecified atom stereocenters. The summed E-state index contributed by atoms with van der Waals surface area (Å²) in [5.41, 5.74) is 1.57. The molecule has 6 heteroatoms. The Morgan fingerprint density at radius 3 is 2.67 bits per heavy atom. The summed E-state index contributed by atoms with van der Waals surface area (Å²) in [5, 5.41) is 1.11. The molecule has 1 aliphatic rings. The van der Waals surface area contributed by atoms with Crippen LogP contribution < -0.4 is 4.90 Å². The van der Waals surface area contributed by atoms with Crippen molar-refractivity contribution in [2.24, 2.45) is 0 Å². The molecule has 0 radical (unpaired) electrons. The number of aromatic nitrogens is 1. The summed E-state index contributed by atoms with van der Waals surface area (Å²) in [6, 6.07) is 11.9. The Morgan fingerprint density at radius 2 is 1.92 bits per heavy atom. The first kappa shape index (κ1) is 15.2. The van der Waals surface area contributed by atoms with Gasteiger partial charge in [-0.1, -0.05) is 12.1 Å². The van der Waals surface area contributed by atoms with Gasteiger partial charge in [0.1, 0.15) is 12.1 Å². The minimum atomic E-state index is 0.0256. The van der Waals surface area contributed by atoms with Crippen LogP contribution in [0.4, 0.5) is 5.82 Å². The normalized spacial score (nSPS) is 15.0. The number of carbonyl (C=O) groups is 1. The summed E-state index contributed by atoms with van der Waals surface area (Å²) in [4.78, 5) is 21.2. The van der Waals surface area contributed by atoms with Gasteiger partial charge in [-0.05, 0) is 40.2 Å². The van der Waals surface area contributed by atoms with Gasteiger partial charge in [0.2, 0.25) is 0 Å². The highest BCUT2D eigenvalue weighted by Crippen LogP contribution is 2.25. The highest BCUT2D eigenvalue weighted by atomic mass is 79.9. The van der Waals surface area contributed by atoms with E-state index in [2.05, 4.69) is 33.0 Å². The first-order chi connectivity index (χ1) is 11.7. The van der Waals surface area contributed by atoms with Gasteiger partial charge >= 0.3 is 0 Å². The number of piperazine rings is 1. The van der Waals surface area contributed by atoms with Gasteiger partial charge in [0, 0.05) is 36.0 Å². The molecule has 3 heterocycles. The Bertz CT molecular complexity index is 871. The Kier molecular flexibility index (Phi) is 3.98. The highest BCUT2D eigenvalue weighted by molar-refractivity contribution is 9.10. The fraction of sp³-hybridized carbons (Fsp3) is 0.222. The van der Waals surface area contributed by atoms with E-state index in [1.165, 1.54) is 12.5 Å². The van der Waals surface area contributed by atoms with Crippen LogP contribution in [-0.2, 0) is 0 Å². The number of carbonyl (C=O) groups excluding carboxylic acids is 1. The predicted molar refractivity (Wildman–Crippen MR) is 96.3 cm³/mol. The van der Waals surface area contributed by atoms with Crippen LogP contribution in [0.25, 0.3) is 10.9 Å².